The lowest BCUT2D eigenvalue weighted by molar-refractivity contribution is -0.121. The number of carbonyl (C=O) groups excluding carboxylic acids is 1. The molecule has 2 rings (SSSR count). The molecule has 2 aromatic carbocycles. The molecule has 3 N–H and O–H groups in total. The van der Waals surface area contributed by atoms with E-state index in [0.29, 0.717) is 16.7 Å². The number of aliphatic hydroxyl groups excluding tert-OH is 1. The molecule has 2 aromatic rings. The van der Waals surface area contributed by atoms with Gasteiger partial charge in [-0.05, 0) is 80.1 Å². The lowest BCUT2D eigenvalue weighted by atomic mass is 9.95. The normalized spacial score (nSPS) is 12.6. The third kappa shape index (κ3) is 5.44. The number of hydrogen-bond donors (Lipinski definition) is 3. The first-order chi connectivity index (χ1) is 14.0. The molecule has 1 amide bonds. The summed E-state index contributed by atoms with van der Waals surface area (Å²) in [5.74, 6) is -0.891. The first kappa shape index (κ1) is 24.0. The number of sulfonamides is 1. The van der Waals surface area contributed by atoms with Crippen LogP contribution in [0.25, 0.3) is 0 Å². The van der Waals surface area contributed by atoms with E-state index in [2.05, 4.69) is 10.0 Å². The van der Waals surface area contributed by atoms with Gasteiger partial charge in [0.15, 0.2) is 0 Å². The molecule has 1 atom stereocenters. The van der Waals surface area contributed by atoms with Crippen LogP contribution in [-0.4, -0.2) is 32.5 Å². The average Bonchev–Trinajstić information content (AvgIpc) is 2.68. The van der Waals surface area contributed by atoms with Crippen molar-refractivity contribution in [3.05, 3.63) is 63.5 Å². The van der Waals surface area contributed by atoms with Crippen molar-refractivity contribution in [3.8, 4) is 0 Å². The van der Waals surface area contributed by atoms with Gasteiger partial charge >= 0.3 is 0 Å². The van der Waals surface area contributed by atoms with Crippen LogP contribution in [0.4, 0.5) is 4.39 Å². The third-order valence-corrected chi connectivity index (χ3v) is 7.30. The largest absolute Gasteiger partial charge is 0.387 e. The Morgan fingerprint density at radius 1 is 1.03 bits per heavy atom. The molecule has 0 aliphatic rings. The Bertz CT molecular complexity index is 1020. The molecule has 0 saturated heterocycles. The highest BCUT2D eigenvalue weighted by molar-refractivity contribution is 7.89. The van der Waals surface area contributed by atoms with Crippen LogP contribution in [0.3, 0.4) is 0 Å². The van der Waals surface area contributed by atoms with Gasteiger partial charge in [-0.2, -0.15) is 0 Å². The number of hydrogen-bond acceptors (Lipinski definition) is 4. The van der Waals surface area contributed by atoms with Crippen LogP contribution < -0.4 is 10.0 Å². The highest BCUT2D eigenvalue weighted by Crippen LogP contribution is 2.29. The second-order valence-corrected chi connectivity index (χ2v) is 9.18. The summed E-state index contributed by atoms with van der Waals surface area (Å²) < 4.78 is 41.4. The van der Waals surface area contributed by atoms with Gasteiger partial charge in [0.2, 0.25) is 15.9 Å². The first-order valence-electron chi connectivity index (χ1n) is 9.72. The van der Waals surface area contributed by atoms with Gasteiger partial charge in [0.25, 0.3) is 0 Å². The molecule has 0 aromatic heterocycles. The Balaban J connectivity index is 1.95. The van der Waals surface area contributed by atoms with E-state index in [1.807, 2.05) is 20.8 Å². The van der Waals surface area contributed by atoms with Crippen molar-refractivity contribution in [1.82, 2.24) is 10.0 Å². The van der Waals surface area contributed by atoms with E-state index in [1.165, 1.54) is 18.2 Å². The summed E-state index contributed by atoms with van der Waals surface area (Å²) in [6.07, 6.45) is -1.14. The number of halogens is 1. The van der Waals surface area contributed by atoms with Crippen molar-refractivity contribution in [1.29, 1.82) is 0 Å². The topological polar surface area (TPSA) is 95.5 Å². The smallest absolute Gasteiger partial charge is 0.241 e. The SMILES string of the molecule is Cc1c(C)c(C)c(S(=O)(=O)NCCC(=O)NCC(O)c2cccc(F)c2)c(C)c1C. The van der Waals surface area contributed by atoms with Gasteiger partial charge in [-0.25, -0.2) is 17.5 Å². The summed E-state index contributed by atoms with van der Waals surface area (Å²) in [4.78, 5) is 12.3. The van der Waals surface area contributed by atoms with Crippen molar-refractivity contribution in [2.75, 3.05) is 13.1 Å². The van der Waals surface area contributed by atoms with Crippen molar-refractivity contribution in [3.63, 3.8) is 0 Å². The van der Waals surface area contributed by atoms with Crippen LogP contribution in [0, 0.1) is 40.4 Å². The molecule has 30 heavy (non-hydrogen) atoms. The summed E-state index contributed by atoms with van der Waals surface area (Å²) in [5, 5.41) is 12.6. The predicted molar refractivity (Wildman–Crippen MR) is 114 cm³/mol. The second kappa shape index (κ2) is 9.68. The summed E-state index contributed by atoms with van der Waals surface area (Å²) in [6.45, 7) is 9.16. The van der Waals surface area contributed by atoms with Crippen molar-refractivity contribution in [2.24, 2.45) is 0 Å². The molecule has 0 heterocycles. The maximum Gasteiger partial charge on any atom is 0.241 e. The molecule has 0 fully saturated rings. The zero-order chi connectivity index (χ0) is 22.6. The van der Waals surface area contributed by atoms with Gasteiger partial charge in [0.05, 0.1) is 11.0 Å². The van der Waals surface area contributed by atoms with Gasteiger partial charge in [-0.15, -0.1) is 0 Å². The summed E-state index contributed by atoms with van der Waals surface area (Å²) in [6, 6.07) is 5.50. The molecule has 0 aliphatic heterocycles. The standard InChI is InChI=1S/C22H29FN2O4S/c1-13-14(2)16(4)22(17(5)15(13)3)30(28,29)25-10-9-21(27)24-12-20(26)18-7-6-8-19(23)11-18/h6-8,11,20,25-26H,9-10,12H2,1-5H3,(H,24,27). The van der Waals surface area contributed by atoms with Gasteiger partial charge < -0.3 is 10.4 Å². The zero-order valence-corrected chi connectivity index (χ0v) is 18.8. The highest BCUT2D eigenvalue weighted by atomic mass is 32.2. The number of amides is 1. The molecule has 0 saturated carbocycles. The number of benzene rings is 2. The number of carbonyl (C=O) groups is 1. The Labute approximate surface area is 177 Å². The molecule has 0 spiro atoms. The third-order valence-electron chi connectivity index (χ3n) is 5.57. The van der Waals surface area contributed by atoms with E-state index in [0.717, 1.165) is 16.7 Å². The summed E-state index contributed by atoms with van der Waals surface area (Å²) in [5.41, 5.74) is 4.69. The molecule has 0 bridgehead atoms. The Morgan fingerprint density at radius 2 is 1.60 bits per heavy atom. The zero-order valence-electron chi connectivity index (χ0n) is 18.0. The van der Waals surface area contributed by atoms with E-state index in [-0.39, 0.29) is 24.4 Å². The number of aliphatic hydroxyl groups is 1. The maximum absolute atomic E-state index is 13.2. The minimum atomic E-state index is -3.78. The minimum absolute atomic E-state index is 0.0743. The Kier molecular flexibility index (Phi) is 7.74. The minimum Gasteiger partial charge on any atom is -0.387 e. The lowest BCUT2D eigenvalue weighted by Crippen LogP contribution is -2.33. The lowest BCUT2D eigenvalue weighted by Gasteiger charge is -2.19. The molecular weight excluding hydrogens is 407 g/mol. The van der Waals surface area contributed by atoms with Crippen LogP contribution in [-0.2, 0) is 14.8 Å². The molecule has 0 aliphatic carbocycles. The molecule has 8 heteroatoms. The number of rotatable bonds is 8. The van der Waals surface area contributed by atoms with Gasteiger partial charge in [-0.3, -0.25) is 4.79 Å². The maximum atomic E-state index is 13.2. The van der Waals surface area contributed by atoms with Crippen LogP contribution in [0.15, 0.2) is 29.2 Å². The van der Waals surface area contributed by atoms with Gasteiger partial charge in [0, 0.05) is 19.5 Å². The molecule has 0 radical (unpaired) electrons. The van der Waals surface area contributed by atoms with Crippen LogP contribution in [0.1, 0.15) is 45.9 Å². The molecule has 1 unspecified atom stereocenters. The Hall–Kier alpha value is -2.29. The fraction of sp³-hybridized carbons (Fsp3) is 0.409. The Morgan fingerprint density at radius 3 is 2.17 bits per heavy atom. The monoisotopic (exact) mass is 436 g/mol. The van der Waals surface area contributed by atoms with Gasteiger partial charge in [0.1, 0.15) is 5.82 Å². The van der Waals surface area contributed by atoms with Crippen LogP contribution >= 0.6 is 0 Å². The molecule has 6 nitrogen and oxygen atoms in total. The molecular formula is C22H29FN2O4S. The van der Waals surface area contributed by atoms with Crippen LogP contribution in [0.2, 0.25) is 0 Å². The quantitative estimate of drug-likeness (QED) is 0.593. The second-order valence-electron chi connectivity index (χ2n) is 7.48. The summed E-state index contributed by atoms with van der Waals surface area (Å²) in [7, 11) is -3.78. The van der Waals surface area contributed by atoms with E-state index in [9.17, 15) is 22.7 Å². The fourth-order valence-electron chi connectivity index (χ4n) is 3.37. The van der Waals surface area contributed by atoms with Gasteiger partial charge in [-0.1, -0.05) is 12.1 Å². The van der Waals surface area contributed by atoms with E-state index in [4.69, 9.17) is 0 Å². The average molecular weight is 437 g/mol. The van der Waals surface area contributed by atoms with E-state index < -0.39 is 27.9 Å². The van der Waals surface area contributed by atoms with E-state index >= 15 is 0 Å². The predicted octanol–water partition coefficient (Wildman–Crippen LogP) is 2.89. The molecule has 164 valence electrons. The van der Waals surface area contributed by atoms with Crippen molar-refractivity contribution < 1.29 is 22.7 Å². The van der Waals surface area contributed by atoms with Crippen LogP contribution in [0.5, 0.6) is 0 Å². The number of nitrogens with one attached hydrogen (secondary N) is 2. The van der Waals surface area contributed by atoms with Crippen molar-refractivity contribution >= 4 is 15.9 Å². The van der Waals surface area contributed by atoms with E-state index in [1.54, 1.807) is 19.9 Å². The fourth-order valence-corrected chi connectivity index (χ4v) is 5.00. The van der Waals surface area contributed by atoms with Crippen molar-refractivity contribution in [2.45, 2.75) is 52.0 Å². The highest BCUT2D eigenvalue weighted by Gasteiger charge is 2.23. The first-order valence-corrected chi connectivity index (χ1v) is 11.2. The summed E-state index contributed by atoms with van der Waals surface area (Å²) >= 11 is 0.